The van der Waals surface area contributed by atoms with Crippen LogP contribution in [0, 0.1) is 0 Å². The van der Waals surface area contributed by atoms with Gasteiger partial charge in [-0.1, -0.05) is 6.07 Å². The summed E-state index contributed by atoms with van der Waals surface area (Å²) in [5, 5.41) is 1.08. The molecule has 4 heteroatoms. The number of ether oxygens (including phenoxy) is 1. The maximum atomic E-state index is 5.13. The Hall–Kier alpha value is -1.94. The summed E-state index contributed by atoms with van der Waals surface area (Å²) >= 11 is 3.44. The fourth-order valence-corrected chi connectivity index (χ4v) is 2.33. The van der Waals surface area contributed by atoms with Crippen molar-refractivity contribution in [1.82, 2.24) is 9.97 Å². The largest absolute Gasteiger partial charge is 0.481 e. The summed E-state index contributed by atoms with van der Waals surface area (Å²) in [5.41, 5.74) is 3.12. The molecule has 3 aromatic rings. The average molecular weight is 315 g/mol. The van der Waals surface area contributed by atoms with Crippen molar-refractivity contribution in [3.8, 4) is 17.0 Å². The van der Waals surface area contributed by atoms with Crippen molar-refractivity contribution in [3.05, 3.63) is 53.3 Å². The van der Waals surface area contributed by atoms with E-state index in [0.717, 1.165) is 26.5 Å². The highest BCUT2D eigenvalue weighted by Crippen LogP contribution is 2.26. The number of fused-ring (bicyclic) bond motifs is 1. The molecule has 0 unspecified atom stereocenters. The van der Waals surface area contributed by atoms with E-state index < -0.39 is 0 Å². The summed E-state index contributed by atoms with van der Waals surface area (Å²) in [6.45, 7) is 0. The van der Waals surface area contributed by atoms with Crippen LogP contribution in [0.3, 0.4) is 0 Å². The predicted molar refractivity (Wildman–Crippen MR) is 79.2 cm³/mol. The third kappa shape index (κ3) is 2.44. The number of halogens is 1. The highest BCUT2D eigenvalue weighted by molar-refractivity contribution is 9.10. The van der Waals surface area contributed by atoms with Gasteiger partial charge in [0.1, 0.15) is 0 Å². The lowest BCUT2D eigenvalue weighted by Crippen LogP contribution is -1.88. The zero-order valence-corrected chi connectivity index (χ0v) is 11.9. The molecule has 0 bridgehead atoms. The molecule has 1 aromatic carbocycles. The Morgan fingerprint density at radius 1 is 1.00 bits per heavy atom. The molecule has 94 valence electrons. The van der Waals surface area contributed by atoms with Crippen LogP contribution < -0.4 is 4.74 Å². The van der Waals surface area contributed by atoms with Crippen molar-refractivity contribution < 1.29 is 4.74 Å². The zero-order valence-electron chi connectivity index (χ0n) is 10.3. The zero-order chi connectivity index (χ0) is 13.2. The van der Waals surface area contributed by atoms with Crippen molar-refractivity contribution in [1.29, 1.82) is 0 Å². The molecular formula is C15H11BrN2O. The SMILES string of the molecule is COc1ccc2cc(-c3cncc(Br)c3)ccc2n1. The molecule has 0 saturated heterocycles. The Morgan fingerprint density at radius 3 is 2.68 bits per heavy atom. The van der Waals surface area contributed by atoms with Gasteiger partial charge in [-0.3, -0.25) is 4.98 Å². The van der Waals surface area contributed by atoms with Gasteiger partial charge < -0.3 is 4.74 Å². The van der Waals surface area contributed by atoms with Crippen LogP contribution in [-0.4, -0.2) is 17.1 Å². The van der Waals surface area contributed by atoms with E-state index in [-0.39, 0.29) is 0 Å². The first-order chi connectivity index (χ1) is 9.26. The van der Waals surface area contributed by atoms with Crippen LogP contribution in [0.15, 0.2) is 53.3 Å². The van der Waals surface area contributed by atoms with Crippen LogP contribution in [0.4, 0.5) is 0 Å². The maximum absolute atomic E-state index is 5.13. The first kappa shape index (κ1) is 12.1. The van der Waals surface area contributed by atoms with E-state index in [9.17, 15) is 0 Å². The van der Waals surface area contributed by atoms with Crippen LogP contribution in [0.25, 0.3) is 22.0 Å². The second-order valence-corrected chi connectivity index (χ2v) is 5.07. The highest BCUT2D eigenvalue weighted by atomic mass is 79.9. The fraction of sp³-hybridized carbons (Fsp3) is 0.0667. The van der Waals surface area contributed by atoms with Crippen LogP contribution in [-0.2, 0) is 0 Å². The first-order valence-electron chi connectivity index (χ1n) is 5.82. The predicted octanol–water partition coefficient (Wildman–Crippen LogP) is 4.07. The number of rotatable bonds is 2. The standard InChI is InChI=1S/C15H11BrN2O/c1-19-15-5-3-11-6-10(2-4-14(11)18-15)12-7-13(16)9-17-8-12/h2-9H,1H3. The summed E-state index contributed by atoms with van der Waals surface area (Å²) in [6.07, 6.45) is 3.62. The van der Waals surface area contributed by atoms with Crippen molar-refractivity contribution in [2.75, 3.05) is 7.11 Å². The number of hydrogen-bond acceptors (Lipinski definition) is 3. The van der Waals surface area contributed by atoms with E-state index in [1.807, 2.05) is 36.5 Å². The van der Waals surface area contributed by atoms with Gasteiger partial charge in [-0.25, -0.2) is 4.98 Å². The van der Waals surface area contributed by atoms with Gasteiger partial charge in [0.05, 0.1) is 12.6 Å². The van der Waals surface area contributed by atoms with Gasteiger partial charge in [-0.15, -0.1) is 0 Å². The first-order valence-corrected chi connectivity index (χ1v) is 6.61. The quantitative estimate of drug-likeness (QED) is 0.715. The molecule has 2 aromatic heterocycles. The Morgan fingerprint density at radius 2 is 1.89 bits per heavy atom. The highest BCUT2D eigenvalue weighted by Gasteiger charge is 2.03. The molecule has 0 aliphatic carbocycles. The molecule has 0 fully saturated rings. The van der Waals surface area contributed by atoms with E-state index >= 15 is 0 Å². The monoisotopic (exact) mass is 314 g/mol. The van der Waals surface area contributed by atoms with Crippen LogP contribution in [0.5, 0.6) is 5.88 Å². The van der Waals surface area contributed by atoms with Crippen LogP contribution in [0.2, 0.25) is 0 Å². The minimum Gasteiger partial charge on any atom is -0.481 e. The lowest BCUT2D eigenvalue weighted by Gasteiger charge is -2.05. The molecule has 0 N–H and O–H groups in total. The van der Waals surface area contributed by atoms with E-state index in [1.54, 1.807) is 13.3 Å². The molecule has 2 heterocycles. The van der Waals surface area contributed by atoms with E-state index in [0.29, 0.717) is 5.88 Å². The van der Waals surface area contributed by atoms with Crippen molar-refractivity contribution >= 4 is 26.8 Å². The Balaban J connectivity index is 2.11. The van der Waals surface area contributed by atoms with Gasteiger partial charge in [0, 0.05) is 33.9 Å². The topological polar surface area (TPSA) is 35.0 Å². The minimum atomic E-state index is 0.629. The van der Waals surface area contributed by atoms with Gasteiger partial charge >= 0.3 is 0 Å². The molecule has 0 aliphatic heterocycles. The summed E-state index contributed by atoms with van der Waals surface area (Å²) in [5.74, 6) is 0.629. The Kier molecular flexibility index (Phi) is 3.17. The van der Waals surface area contributed by atoms with Gasteiger partial charge in [0.15, 0.2) is 0 Å². The van der Waals surface area contributed by atoms with Gasteiger partial charge in [-0.05, 0) is 45.8 Å². The smallest absolute Gasteiger partial charge is 0.213 e. The molecule has 0 spiro atoms. The number of methoxy groups -OCH3 is 1. The molecule has 0 saturated carbocycles. The molecule has 0 aliphatic rings. The number of pyridine rings is 2. The molecule has 3 nitrogen and oxygen atoms in total. The molecule has 0 atom stereocenters. The van der Waals surface area contributed by atoms with Crippen molar-refractivity contribution in [3.63, 3.8) is 0 Å². The molecule has 19 heavy (non-hydrogen) atoms. The molecule has 0 amide bonds. The third-order valence-corrected chi connectivity index (χ3v) is 3.34. The third-order valence-electron chi connectivity index (χ3n) is 2.91. The number of benzene rings is 1. The summed E-state index contributed by atoms with van der Waals surface area (Å²) in [7, 11) is 1.62. The van der Waals surface area contributed by atoms with E-state index in [4.69, 9.17) is 4.74 Å². The Bertz CT molecular complexity index is 743. The molecule has 3 rings (SSSR count). The second kappa shape index (κ2) is 4.97. The van der Waals surface area contributed by atoms with Crippen LogP contribution in [0.1, 0.15) is 0 Å². The number of hydrogen-bond donors (Lipinski definition) is 0. The summed E-state index contributed by atoms with van der Waals surface area (Å²) in [4.78, 5) is 8.58. The van der Waals surface area contributed by atoms with E-state index in [2.05, 4.69) is 32.0 Å². The summed E-state index contributed by atoms with van der Waals surface area (Å²) in [6, 6.07) is 12.1. The van der Waals surface area contributed by atoms with Crippen molar-refractivity contribution in [2.45, 2.75) is 0 Å². The van der Waals surface area contributed by atoms with Gasteiger partial charge in [0.25, 0.3) is 0 Å². The fourth-order valence-electron chi connectivity index (χ4n) is 1.97. The van der Waals surface area contributed by atoms with Crippen molar-refractivity contribution in [2.24, 2.45) is 0 Å². The lowest BCUT2D eigenvalue weighted by atomic mass is 10.1. The average Bonchev–Trinajstić information content (AvgIpc) is 2.46. The lowest BCUT2D eigenvalue weighted by molar-refractivity contribution is 0.399. The number of aromatic nitrogens is 2. The number of nitrogens with zero attached hydrogens (tertiary/aromatic N) is 2. The molecular weight excluding hydrogens is 304 g/mol. The minimum absolute atomic E-state index is 0.629. The second-order valence-electron chi connectivity index (χ2n) is 4.15. The Labute approximate surface area is 119 Å². The molecule has 0 radical (unpaired) electrons. The summed E-state index contributed by atoms with van der Waals surface area (Å²) < 4.78 is 6.10. The van der Waals surface area contributed by atoms with E-state index in [1.165, 1.54) is 0 Å². The van der Waals surface area contributed by atoms with Crippen LogP contribution >= 0.6 is 15.9 Å². The maximum Gasteiger partial charge on any atom is 0.213 e. The van der Waals surface area contributed by atoms with Gasteiger partial charge in [-0.2, -0.15) is 0 Å². The van der Waals surface area contributed by atoms with Gasteiger partial charge in [0.2, 0.25) is 5.88 Å². The normalized spacial score (nSPS) is 10.6.